The van der Waals surface area contributed by atoms with E-state index in [4.69, 9.17) is 0 Å². The lowest BCUT2D eigenvalue weighted by atomic mass is 10.1. The molecule has 0 aliphatic carbocycles. The van der Waals surface area contributed by atoms with Crippen molar-refractivity contribution in [1.29, 1.82) is 0 Å². The number of thiazole rings is 1. The lowest BCUT2D eigenvalue weighted by Gasteiger charge is -2.05. The second kappa shape index (κ2) is 6.34. The average Bonchev–Trinajstić information content (AvgIpc) is 2.95. The third kappa shape index (κ3) is 3.32. The predicted octanol–water partition coefficient (Wildman–Crippen LogP) is 4.71. The Hall–Kier alpha value is -2.47. The highest BCUT2D eigenvalue weighted by Crippen LogP contribution is 2.33. The molecule has 0 aliphatic rings. The van der Waals surface area contributed by atoms with Crippen molar-refractivity contribution in [3.8, 4) is 16.2 Å². The van der Waals surface area contributed by atoms with Crippen molar-refractivity contribution in [1.82, 2.24) is 4.98 Å². The zero-order valence-corrected chi connectivity index (χ0v) is 13.1. The molecule has 3 aromatic rings. The van der Waals surface area contributed by atoms with Crippen molar-refractivity contribution in [2.24, 2.45) is 0 Å². The Morgan fingerprint density at radius 3 is 2.61 bits per heavy atom. The second-order valence-corrected chi connectivity index (χ2v) is 6.11. The van der Waals surface area contributed by atoms with Crippen molar-refractivity contribution in [2.45, 2.75) is 13.5 Å². The van der Waals surface area contributed by atoms with E-state index in [1.165, 1.54) is 29.5 Å². The Labute approximate surface area is 136 Å². The molecule has 1 aromatic heterocycles. The van der Waals surface area contributed by atoms with Gasteiger partial charge in [-0.25, -0.2) is 13.8 Å². The highest BCUT2D eigenvalue weighted by atomic mass is 32.1. The molecule has 0 radical (unpaired) electrons. The van der Waals surface area contributed by atoms with Crippen molar-refractivity contribution in [2.75, 3.05) is 5.32 Å². The molecule has 3 rings (SSSR count). The van der Waals surface area contributed by atoms with Gasteiger partial charge in [0.15, 0.2) is 5.13 Å². The molecule has 0 saturated carbocycles. The molecule has 0 spiro atoms. The summed E-state index contributed by atoms with van der Waals surface area (Å²) in [7, 11) is 0. The average molecular weight is 332 g/mol. The number of nitrogens with one attached hydrogen (secondary N) is 1. The van der Waals surface area contributed by atoms with Gasteiger partial charge < -0.3 is 10.4 Å². The Bertz CT molecular complexity index is 828. The number of aryl methyl sites for hydroxylation is 1. The third-order valence-corrected chi connectivity index (χ3v) is 4.45. The Kier molecular flexibility index (Phi) is 4.25. The van der Waals surface area contributed by atoms with E-state index in [0.717, 1.165) is 16.0 Å². The fraction of sp³-hybridized carbons (Fsp3) is 0.118. The van der Waals surface area contributed by atoms with Gasteiger partial charge >= 0.3 is 0 Å². The van der Waals surface area contributed by atoms with Gasteiger partial charge in [0.2, 0.25) is 0 Å². The smallest absolute Gasteiger partial charge is 0.183 e. The summed E-state index contributed by atoms with van der Waals surface area (Å²) >= 11 is 1.39. The summed E-state index contributed by atoms with van der Waals surface area (Å²) in [5.74, 6) is -0.948. The first-order valence-electron chi connectivity index (χ1n) is 6.97. The molecule has 0 saturated heterocycles. The molecule has 3 nitrogen and oxygen atoms in total. The summed E-state index contributed by atoms with van der Waals surface area (Å²) in [4.78, 5) is 5.15. The molecular formula is C17H14F2N2OS. The summed E-state index contributed by atoms with van der Waals surface area (Å²) < 4.78 is 27.2. The number of phenolic OH excluding ortho intramolecular Hbond substituents is 1. The molecule has 23 heavy (non-hydrogen) atoms. The monoisotopic (exact) mass is 332 g/mol. The van der Waals surface area contributed by atoms with Crippen LogP contribution >= 0.6 is 11.3 Å². The van der Waals surface area contributed by atoms with Crippen LogP contribution in [-0.4, -0.2) is 10.1 Å². The van der Waals surface area contributed by atoms with E-state index in [0.29, 0.717) is 5.13 Å². The predicted molar refractivity (Wildman–Crippen MR) is 87.6 cm³/mol. The number of nitrogens with zero attached hydrogens (tertiary/aromatic N) is 1. The van der Waals surface area contributed by atoms with E-state index in [2.05, 4.69) is 10.3 Å². The van der Waals surface area contributed by atoms with Gasteiger partial charge in [-0.1, -0.05) is 17.4 Å². The fourth-order valence-corrected chi connectivity index (χ4v) is 3.17. The van der Waals surface area contributed by atoms with Crippen LogP contribution in [0.1, 0.15) is 11.1 Å². The molecule has 1 heterocycles. The van der Waals surface area contributed by atoms with E-state index < -0.39 is 11.6 Å². The first kappa shape index (κ1) is 15.4. The highest BCUT2D eigenvalue weighted by Gasteiger charge is 2.11. The number of hydrogen-bond donors (Lipinski definition) is 2. The minimum atomic E-state index is -0.580. The first-order valence-corrected chi connectivity index (χ1v) is 7.79. The zero-order valence-electron chi connectivity index (χ0n) is 12.3. The third-order valence-electron chi connectivity index (χ3n) is 3.46. The van der Waals surface area contributed by atoms with Crippen LogP contribution in [0.25, 0.3) is 10.4 Å². The Balaban J connectivity index is 1.77. The zero-order chi connectivity index (χ0) is 16.4. The number of hydrogen-bond acceptors (Lipinski definition) is 4. The van der Waals surface area contributed by atoms with Crippen LogP contribution < -0.4 is 5.32 Å². The second-order valence-electron chi connectivity index (χ2n) is 5.08. The number of phenols is 1. The molecule has 0 fully saturated rings. The van der Waals surface area contributed by atoms with Crippen molar-refractivity contribution < 1.29 is 13.9 Å². The molecule has 2 aromatic carbocycles. The molecule has 6 heteroatoms. The minimum Gasteiger partial charge on any atom is -0.508 e. The maximum absolute atomic E-state index is 13.6. The maximum atomic E-state index is 13.6. The minimum absolute atomic E-state index is 0.00920. The molecule has 0 unspecified atom stereocenters. The van der Waals surface area contributed by atoms with Gasteiger partial charge in [0.05, 0.1) is 4.88 Å². The number of benzene rings is 2. The largest absolute Gasteiger partial charge is 0.508 e. The van der Waals surface area contributed by atoms with Gasteiger partial charge in [0, 0.05) is 18.3 Å². The number of halogens is 2. The van der Waals surface area contributed by atoms with E-state index in [1.807, 2.05) is 13.0 Å². The summed E-state index contributed by atoms with van der Waals surface area (Å²) in [6, 6.07) is 8.91. The normalized spacial score (nSPS) is 10.7. The Morgan fingerprint density at radius 1 is 1.17 bits per heavy atom. The molecule has 0 aliphatic heterocycles. The summed E-state index contributed by atoms with van der Waals surface area (Å²) in [5.41, 5.74) is 1.89. The SMILES string of the molecule is Cc1cc(O)ccc1-c1cnc(NCc2c(F)cccc2F)s1. The van der Waals surface area contributed by atoms with Gasteiger partial charge in [-0.05, 0) is 48.4 Å². The summed E-state index contributed by atoms with van der Waals surface area (Å²) in [6.45, 7) is 1.93. The number of aromatic hydroxyl groups is 1. The van der Waals surface area contributed by atoms with Crippen LogP contribution in [0, 0.1) is 18.6 Å². The molecular weight excluding hydrogens is 318 g/mol. The van der Waals surface area contributed by atoms with Gasteiger partial charge in [-0.2, -0.15) is 0 Å². The van der Waals surface area contributed by atoms with Crippen LogP contribution in [0.15, 0.2) is 42.6 Å². The van der Waals surface area contributed by atoms with Gasteiger partial charge in [0.1, 0.15) is 17.4 Å². The van der Waals surface area contributed by atoms with Gasteiger partial charge in [0.25, 0.3) is 0 Å². The van der Waals surface area contributed by atoms with E-state index in [9.17, 15) is 13.9 Å². The van der Waals surface area contributed by atoms with E-state index >= 15 is 0 Å². The molecule has 2 N–H and O–H groups in total. The standard InChI is InChI=1S/C17H14F2N2OS/c1-10-7-11(22)5-6-12(10)16-9-21-17(23-16)20-8-13-14(18)3-2-4-15(13)19/h2-7,9,22H,8H2,1H3,(H,20,21). The van der Waals surface area contributed by atoms with Crippen molar-refractivity contribution in [3.05, 3.63) is 65.4 Å². The summed E-state index contributed by atoms with van der Waals surface area (Å²) in [6.07, 6.45) is 1.70. The maximum Gasteiger partial charge on any atom is 0.183 e. The van der Waals surface area contributed by atoms with Crippen LogP contribution in [0.2, 0.25) is 0 Å². The van der Waals surface area contributed by atoms with Crippen LogP contribution in [0.4, 0.5) is 13.9 Å². The lowest BCUT2D eigenvalue weighted by Crippen LogP contribution is -2.04. The topological polar surface area (TPSA) is 45.2 Å². The van der Waals surface area contributed by atoms with E-state index in [1.54, 1.807) is 18.3 Å². The molecule has 0 amide bonds. The highest BCUT2D eigenvalue weighted by molar-refractivity contribution is 7.18. The number of rotatable bonds is 4. The summed E-state index contributed by atoms with van der Waals surface area (Å²) in [5, 5.41) is 13.0. The van der Waals surface area contributed by atoms with Crippen LogP contribution in [-0.2, 0) is 6.54 Å². The van der Waals surface area contributed by atoms with Crippen LogP contribution in [0.3, 0.4) is 0 Å². The quantitative estimate of drug-likeness (QED) is 0.727. The van der Waals surface area contributed by atoms with E-state index in [-0.39, 0.29) is 17.9 Å². The first-order chi connectivity index (χ1) is 11.0. The van der Waals surface area contributed by atoms with Gasteiger partial charge in [-0.15, -0.1) is 0 Å². The number of aromatic nitrogens is 1. The van der Waals surface area contributed by atoms with Crippen molar-refractivity contribution >= 4 is 16.5 Å². The lowest BCUT2D eigenvalue weighted by molar-refractivity contribution is 0.475. The molecule has 0 bridgehead atoms. The molecule has 0 atom stereocenters. The fourth-order valence-electron chi connectivity index (χ4n) is 2.27. The van der Waals surface area contributed by atoms with Crippen LogP contribution in [0.5, 0.6) is 5.75 Å². The Morgan fingerprint density at radius 2 is 1.91 bits per heavy atom. The number of anilines is 1. The van der Waals surface area contributed by atoms with Gasteiger partial charge in [-0.3, -0.25) is 0 Å². The molecule has 118 valence electrons. The van der Waals surface area contributed by atoms with Crippen molar-refractivity contribution in [3.63, 3.8) is 0 Å².